The van der Waals surface area contributed by atoms with Crippen molar-refractivity contribution in [3.8, 4) is 0 Å². The van der Waals surface area contributed by atoms with Crippen LogP contribution >= 0.6 is 0 Å². The summed E-state index contributed by atoms with van der Waals surface area (Å²) in [7, 11) is 0. The topological polar surface area (TPSA) is 38.8 Å². The Morgan fingerprint density at radius 2 is 1.66 bits per heavy atom. The lowest BCUT2D eigenvalue weighted by Gasteiger charge is -2.62. The highest BCUT2D eigenvalue weighted by Gasteiger charge is 2.63. The predicted molar refractivity (Wildman–Crippen MR) is 142 cm³/mol. The molecule has 1 aliphatic heterocycles. The largest absolute Gasteiger partial charge is 0.462 e. The van der Waals surface area contributed by atoms with E-state index < -0.39 is 0 Å². The number of hydrogen-bond acceptors (Lipinski definition) is 3. The highest BCUT2D eigenvalue weighted by Crippen LogP contribution is 2.72. The monoisotopic (exact) mass is 484 g/mol. The second-order valence-corrected chi connectivity index (χ2v) is 15.1. The lowest BCUT2D eigenvalue weighted by Crippen LogP contribution is -2.55. The Morgan fingerprint density at radius 3 is 2.29 bits per heavy atom. The molecule has 0 radical (unpaired) electrons. The Morgan fingerprint density at radius 1 is 0.971 bits per heavy atom. The molecule has 0 aromatic heterocycles. The maximum atomic E-state index is 11.8. The van der Waals surface area contributed by atoms with Crippen molar-refractivity contribution in [3.63, 3.8) is 0 Å². The molecule has 5 rings (SSSR count). The van der Waals surface area contributed by atoms with Gasteiger partial charge in [-0.1, -0.05) is 52.7 Å². The zero-order valence-electron chi connectivity index (χ0n) is 24.2. The first kappa shape index (κ1) is 25.8. The van der Waals surface area contributed by atoms with Crippen LogP contribution in [0.4, 0.5) is 0 Å². The van der Waals surface area contributed by atoms with E-state index in [-0.39, 0.29) is 28.5 Å². The van der Waals surface area contributed by atoms with Crippen LogP contribution in [0.1, 0.15) is 127 Å². The maximum absolute atomic E-state index is 11.8. The van der Waals surface area contributed by atoms with Crippen molar-refractivity contribution in [2.24, 2.45) is 39.4 Å². The number of carbonyl (C=O) groups excluding carboxylic acids is 1. The van der Waals surface area contributed by atoms with Gasteiger partial charge in [0.1, 0.15) is 6.10 Å². The van der Waals surface area contributed by atoms with Gasteiger partial charge in [-0.3, -0.25) is 4.79 Å². The van der Waals surface area contributed by atoms with E-state index in [2.05, 4.69) is 55.4 Å². The fraction of sp³-hybridized carbons (Fsp3) is 0.906. The number of epoxide rings is 1. The summed E-state index contributed by atoms with van der Waals surface area (Å²) in [6.45, 7) is 21.2. The van der Waals surface area contributed by atoms with Crippen LogP contribution in [0.25, 0.3) is 0 Å². The standard InChI is InChI=1S/C32H52O3/c1-20(10-13-27-29(5,6)35-27)22-14-18-32(9)24-11-12-25-28(3,4)26(34-21(2)33)16-17-30(25,7)23(24)15-19-31(22,32)8/h20,22,25-27H,10-19H2,1-9H3/t20?,22?,25?,26?,27?,30-,31-,32+/m1/s1. The molecule has 5 aliphatic rings. The molecule has 198 valence electrons. The highest BCUT2D eigenvalue weighted by molar-refractivity contribution is 5.66. The van der Waals surface area contributed by atoms with Crippen LogP contribution in [-0.4, -0.2) is 23.8 Å². The van der Waals surface area contributed by atoms with Crippen molar-refractivity contribution in [1.82, 2.24) is 0 Å². The van der Waals surface area contributed by atoms with Gasteiger partial charge in [0.2, 0.25) is 0 Å². The third-order valence-electron chi connectivity index (χ3n) is 12.8. The predicted octanol–water partition coefficient (Wildman–Crippen LogP) is 8.26. The number of allylic oxidation sites excluding steroid dienone is 2. The van der Waals surface area contributed by atoms with Gasteiger partial charge in [-0.2, -0.15) is 0 Å². The van der Waals surface area contributed by atoms with Crippen molar-refractivity contribution in [3.05, 3.63) is 11.1 Å². The molecule has 2 saturated carbocycles. The molecule has 1 heterocycles. The average molecular weight is 485 g/mol. The van der Waals surface area contributed by atoms with E-state index in [1.165, 1.54) is 57.8 Å². The SMILES string of the molecule is CC(=O)OC1CC[C@]2(C)C3=C(CCC2C1(C)C)[C@]1(C)CCC(C(C)CCC2OC2(C)C)[C@@]1(C)CC3. The van der Waals surface area contributed by atoms with Gasteiger partial charge in [0.25, 0.3) is 0 Å². The zero-order chi connectivity index (χ0) is 25.6. The van der Waals surface area contributed by atoms with Gasteiger partial charge in [-0.15, -0.1) is 0 Å². The first-order chi connectivity index (χ1) is 16.2. The summed E-state index contributed by atoms with van der Waals surface area (Å²) in [4.78, 5) is 11.8. The van der Waals surface area contributed by atoms with E-state index in [1.807, 2.05) is 11.1 Å². The van der Waals surface area contributed by atoms with E-state index >= 15 is 0 Å². The Kier molecular flexibility index (Phi) is 5.96. The second-order valence-electron chi connectivity index (χ2n) is 15.1. The van der Waals surface area contributed by atoms with Gasteiger partial charge in [0, 0.05) is 12.3 Å². The summed E-state index contributed by atoms with van der Waals surface area (Å²) in [5.74, 6) is 2.07. The molecule has 35 heavy (non-hydrogen) atoms. The van der Waals surface area contributed by atoms with Gasteiger partial charge in [-0.05, 0) is 112 Å². The third kappa shape index (κ3) is 3.71. The van der Waals surface area contributed by atoms with E-state index in [4.69, 9.17) is 9.47 Å². The highest BCUT2D eigenvalue weighted by atomic mass is 16.6. The number of hydrogen-bond donors (Lipinski definition) is 0. The molecule has 0 aromatic carbocycles. The molecule has 0 N–H and O–H groups in total. The van der Waals surface area contributed by atoms with Crippen molar-refractivity contribution in [2.45, 2.75) is 144 Å². The number of esters is 1. The smallest absolute Gasteiger partial charge is 0.302 e. The van der Waals surface area contributed by atoms with Crippen LogP contribution in [0, 0.1) is 39.4 Å². The Hall–Kier alpha value is -0.830. The van der Waals surface area contributed by atoms with Crippen LogP contribution in [0.15, 0.2) is 11.1 Å². The molecule has 8 atom stereocenters. The van der Waals surface area contributed by atoms with Gasteiger partial charge in [-0.25, -0.2) is 0 Å². The molecule has 4 aliphatic carbocycles. The minimum atomic E-state index is -0.119. The maximum Gasteiger partial charge on any atom is 0.302 e. The molecule has 0 aromatic rings. The average Bonchev–Trinajstić information content (AvgIpc) is 3.26. The summed E-state index contributed by atoms with van der Waals surface area (Å²) >= 11 is 0. The number of fused-ring (bicyclic) bond motifs is 4. The number of carbonyl (C=O) groups is 1. The van der Waals surface area contributed by atoms with Gasteiger partial charge in [0.05, 0.1) is 11.7 Å². The molecule has 0 spiro atoms. The summed E-state index contributed by atoms with van der Waals surface area (Å²) in [5.41, 5.74) is 4.85. The zero-order valence-corrected chi connectivity index (χ0v) is 24.2. The van der Waals surface area contributed by atoms with Crippen LogP contribution < -0.4 is 0 Å². The molecular weight excluding hydrogens is 432 g/mol. The lowest BCUT2D eigenvalue weighted by molar-refractivity contribution is -0.167. The molecule has 3 nitrogen and oxygen atoms in total. The summed E-state index contributed by atoms with van der Waals surface area (Å²) in [5, 5.41) is 0. The normalized spacial score (nSPS) is 46.3. The van der Waals surface area contributed by atoms with Gasteiger partial charge in [0.15, 0.2) is 0 Å². The quantitative estimate of drug-likeness (QED) is 0.224. The first-order valence-corrected chi connectivity index (χ1v) is 14.7. The van der Waals surface area contributed by atoms with Gasteiger partial charge >= 0.3 is 5.97 Å². The molecule has 0 bridgehead atoms. The van der Waals surface area contributed by atoms with E-state index in [1.54, 1.807) is 6.92 Å². The first-order valence-electron chi connectivity index (χ1n) is 14.7. The fourth-order valence-corrected chi connectivity index (χ4v) is 10.4. The molecule has 3 heteroatoms. The minimum Gasteiger partial charge on any atom is -0.462 e. The minimum absolute atomic E-state index is 0.0320. The van der Waals surface area contributed by atoms with E-state index in [9.17, 15) is 4.79 Å². The fourth-order valence-electron chi connectivity index (χ4n) is 10.4. The van der Waals surface area contributed by atoms with Crippen LogP contribution in [0.5, 0.6) is 0 Å². The van der Waals surface area contributed by atoms with Crippen LogP contribution in [-0.2, 0) is 14.3 Å². The number of rotatable bonds is 5. The molecule has 1 saturated heterocycles. The van der Waals surface area contributed by atoms with E-state index in [0.717, 1.165) is 18.3 Å². The van der Waals surface area contributed by atoms with Crippen LogP contribution in [0.2, 0.25) is 0 Å². The second kappa shape index (κ2) is 8.08. The van der Waals surface area contributed by atoms with Crippen molar-refractivity contribution >= 4 is 5.97 Å². The summed E-state index contributed by atoms with van der Waals surface area (Å²) < 4.78 is 11.8. The van der Waals surface area contributed by atoms with Crippen LogP contribution in [0.3, 0.4) is 0 Å². The number of ether oxygens (including phenoxy) is 2. The lowest BCUT2D eigenvalue weighted by atomic mass is 9.43. The van der Waals surface area contributed by atoms with Crippen molar-refractivity contribution < 1.29 is 14.3 Å². The third-order valence-corrected chi connectivity index (χ3v) is 12.8. The molecular formula is C32H52O3. The molecule has 3 fully saturated rings. The Bertz CT molecular complexity index is 914. The summed E-state index contributed by atoms with van der Waals surface area (Å²) in [6, 6.07) is 0. The van der Waals surface area contributed by atoms with Crippen molar-refractivity contribution in [1.29, 1.82) is 0 Å². The Labute approximate surface area is 215 Å². The van der Waals surface area contributed by atoms with Gasteiger partial charge < -0.3 is 9.47 Å². The summed E-state index contributed by atoms with van der Waals surface area (Å²) in [6.07, 6.45) is 13.1. The molecule has 5 unspecified atom stereocenters. The van der Waals surface area contributed by atoms with Crippen molar-refractivity contribution in [2.75, 3.05) is 0 Å². The molecule has 0 amide bonds. The van der Waals surface area contributed by atoms with E-state index in [0.29, 0.717) is 22.9 Å². The Balaban J connectivity index is 1.40.